The molecule has 0 atom stereocenters. The number of anilines is 1. The highest BCUT2D eigenvalue weighted by Crippen LogP contribution is 2.24. The molecule has 21 heavy (non-hydrogen) atoms. The molecule has 2 aromatic heterocycles. The van der Waals surface area contributed by atoms with Gasteiger partial charge < -0.3 is 0 Å². The molecule has 0 bridgehead atoms. The van der Waals surface area contributed by atoms with Crippen molar-refractivity contribution in [3.05, 3.63) is 58.3 Å². The van der Waals surface area contributed by atoms with Crippen LogP contribution in [0.3, 0.4) is 0 Å². The lowest BCUT2D eigenvalue weighted by atomic mass is 10.2. The minimum atomic E-state index is -0.311. The van der Waals surface area contributed by atoms with Gasteiger partial charge in [0.25, 0.3) is 5.91 Å². The number of nitrogens with zero attached hydrogens (tertiary/aromatic N) is 3. The highest BCUT2D eigenvalue weighted by atomic mass is 35.5. The van der Waals surface area contributed by atoms with E-state index in [1.54, 1.807) is 23.2 Å². The van der Waals surface area contributed by atoms with E-state index >= 15 is 0 Å². The number of carbonyl (C=O) groups excluding carboxylic acids is 1. The Labute approximate surface area is 130 Å². The van der Waals surface area contributed by atoms with E-state index in [4.69, 9.17) is 11.6 Å². The lowest BCUT2D eigenvalue weighted by Crippen LogP contribution is -2.12. The first-order chi connectivity index (χ1) is 10.2. The van der Waals surface area contributed by atoms with Crippen molar-refractivity contribution in [2.75, 3.05) is 5.32 Å². The van der Waals surface area contributed by atoms with Gasteiger partial charge in [-0.1, -0.05) is 29.8 Å². The summed E-state index contributed by atoms with van der Waals surface area (Å²) >= 11 is 7.67. The van der Waals surface area contributed by atoms with Crippen molar-refractivity contribution < 1.29 is 4.79 Å². The summed E-state index contributed by atoms with van der Waals surface area (Å²) < 4.78 is 1.55. The Morgan fingerprint density at radius 3 is 2.76 bits per heavy atom. The van der Waals surface area contributed by atoms with Crippen LogP contribution in [0.1, 0.15) is 16.1 Å². The maximum atomic E-state index is 12.3. The van der Waals surface area contributed by atoms with Gasteiger partial charge in [0.2, 0.25) is 0 Å². The lowest BCUT2D eigenvalue weighted by Gasteiger charge is -2.03. The topological polar surface area (TPSA) is 59.8 Å². The number of thiazole rings is 1. The predicted molar refractivity (Wildman–Crippen MR) is 83.4 cm³/mol. The van der Waals surface area contributed by atoms with E-state index in [2.05, 4.69) is 15.4 Å². The van der Waals surface area contributed by atoms with Gasteiger partial charge >= 0.3 is 0 Å². The van der Waals surface area contributed by atoms with Crippen molar-refractivity contribution in [3.8, 4) is 5.69 Å². The summed E-state index contributed by atoms with van der Waals surface area (Å²) in [6.07, 6.45) is 1.63. The summed E-state index contributed by atoms with van der Waals surface area (Å²) in [6, 6.07) is 9.43. The molecular formula is C14H11ClN4OS. The third-order valence-corrected chi connectivity index (χ3v) is 3.92. The third-order valence-electron chi connectivity index (χ3n) is 2.88. The number of benzene rings is 1. The number of aromatic nitrogens is 3. The second-order valence-corrected chi connectivity index (χ2v) is 5.54. The minimum Gasteiger partial charge on any atom is -0.298 e. The van der Waals surface area contributed by atoms with Crippen molar-refractivity contribution in [2.45, 2.75) is 6.92 Å². The molecule has 0 unspecified atom stereocenters. The average Bonchev–Trinajstić information content (AvgIpc) is 3.08. The molecule has 0 aliphatic carbocycles. The summed E-state index contributed by atoms with van der Waals surface area (Å²) in [6.45, 7) is 1.75. The van der Waals surface area contributed by atoms with Gasteiger partial charge in [0.15, 0.2) is 5.13 Å². The molecule has 0 aliphatic heterocycles. The molecule has 1 amide bonds. The van der Waals surface area contributed by atoms with Gasteiger partial charge in [-0.15, -0.1) is 11.3 Å². The van der Waals surface area contributed by atoms with Crippen LogP contribution in [0.15, 0.2) is 41.9 Å². The fourth-order valence-electron chi connectivity index (χ4n) is 1.94. The normalized spacial score (nSPS) is 10.6. The Bertz CT molecular complexity index is 768. The number of hydrogen-bond donors (Lipinski definition) is 1. The largest absolute Gasteiger partial charge is 0.298 e. The minimum absolute atomic E-state index is 0.285. The summed E-state index contributed by atoms with van der Waals surface area (Å²) in [4.78, 5) is 16.3. The number of nitrogens with one attached hydrogen (secondary N) is 1. The van der Waals surface area contributed by atoms with Crippen LogP contribution >= 0.6 is 22.9 Å². The van der Waals surface area contributed by atoms with Gasteiger partial charge in [-0.3, -0.25) is 10.1 Å². The van der Waals surface area contributed by atoms with Crippen LogP contribution in [0, 0.1) is 6.92 Å². The number of para-hydroxylation sites is 1. The number of halogens is 1. The van der Waals surface area contributed by atoms with Crippen molar-refractivity contribution in [1.29, 1.82) is 0 Å². The van der Waals surface area contributed by atoms with E-state index in [1.807, 2.05) is 30.3 Å². The number of carbonyl (C=O) groups is 1. The van der Waals surface area contributed by atoms with Crippen LogP contribution in [0.2, 0.25) is 5.15 Å². The van der Waals surface area contributed by atoms with Crippen LogP contribution in [0.25, 0.3) is 5.69 Å². The molecule has 1 N–H and O–H groups in total. The molecule has 0 spiro atoms. The SMILES string of the molecule is Cc1nn(-c2ccccc2)c(Cl)c1C(=O)Nc1nccs1. The molecular weight excluding hydrogens is 308 g/mol. The fraction of sp³-hybridized carbons (Fsp3) is 0.0714. The lowest BCUT2D eigenvalue weighted by molar-refractivity contribution is 0.102. The molecule has 5 nitrogen and oxygen atoms in total. The van der Waals surface area contributed by atoms with E-state index in [1.165, 1.54) is 11.3 Å². The smallest absolute Gasteiger partial charge is 0.262 e. The predicted octanol–water partition coefficient (Wildman–Crippen LogP) is 3.54. The van der Waals surface area contributed by atoms with E-state index in [0.717, 1.165) is 5.69 Å². The van der Waals surface area contributed by atoms with Crippen molar-refractivity contribution >= 4 is 34.0 Å². The Hall–Kier alpha value is -2.18. The molecule has 3 aromatic rings. The molecule has 3 rings (SSSR count). The average molecular weight is 319 g/mol. The first kappa shape index (κ1) is 13.8. The van der Waals surface area contributed by atoms with Crippen LogP contribution in [0.5, 0.6) is 0 Å². The Balaban J connectivity index is 1.97. The van der Waals surface area contributed by atoms with Crippen LogP contribution in [-0.4, -0.2) is 20.7 Å². The van der Waals surface area contributed by atoms with Gasteiger partial charge in [-0.25, -0.2) is 9.67 Å². The van der Waals surface area contributed by atoms with E-state index in [9.17, 15) is 4.79 Å². The quantitative estimate of drug-likeness (QED) is 0.803. The van der Waals surface area contributed by atoms with Gasteiger partial charge in [0.05, 0.1) is 11.4 Å². The molecule has 0 fully saturated rings. The zero-order chi connectivity index (χ0) is 14.8. The van der Waals surface area contributed by atoms with Crippen LogP contribution in [0.4, 0.5) is 5.13 Å². The molecule has 7 heteroatoms. The number of rotatable bonds is 3. The van der Waals surface area contributed by atoms with E-state index < -0.39 is 0 Å². The summed E-state index contributed by atoms with van der Waals surface area (Å²) in [5.41, 5.74) is 1.73. The molecule has 106 valence electrons. The Morgan fingerprint density at radius 1 is 1.33 bits per heavy atom. The number of amides is 1. The highest BCUT2D eigenvalue weighted by Gasteiger charge is 2.21. The second-order valence-electron chi connectivity index (χ2n) is 4.29. The van der Waals surface area contributed by atoms with E-state index in [-0.39, 0.29) is 11.1 Å². The molecule has 1 aromatic carbocycles. The van der Waals surface area contributed by atoms with Crippen LogP contribution < -0.4 is 5.32 Å². The van der Waals surface area contributed by atoms with Gasteiger partial charge in [0, 0.05) is 11.6 Å². The molecule has 2 heterocycles. The molecule has 0 aliphatic rings. The Kier molecular flexibility index (Phi) is 3.72. The van der Waals surface area contributed by atoms with Crippen LogP contribution in [-0.2, 0) is 0 Å². The first-order valence-corrected chi connectivity index (χ1v) is 7.44. The summed E-state index contributed by atoms with van der Waals surface area (Å²) in [7, 11) is 0. The molecule has 0 saturated heterocycles. The Morgan fingerprint density at radius 2 is 2.10 bits per heavy atom. The number of aryl methyl sites for hydroxylation is 1. The monoisotopic (exact) mass is 318 g/mol. The van der Waals surface area contributed by atoms with Crippen molar-refractivity contribution in [2.24, 2.45) is 0 Å². The zero-order valence-corrected chi connectivity index (χ0v) is 12.6. The molecule has 0 radical (unpaired) electrons. The van der Waals surface area contributed by atoms with Crippen molar-refractivity contribution in [3.63, 3.8) is 0 Å². The highest BCUT2D eigenvalue weighted by molar-refractivity contribution is 7.13. The molecule has 0 saturated carbocycles. The van der Waals surface area contributed by atoms with E-state index in [0.29, 0.717) is 16.4 Å². The van der Waals surface area contributed by atoms with Gasteiger partial charge in [-0.2, -0.15) is 5.10 Å². The maximum absolute atomic E-state index is 12.3. The van der Waals surface area contributed by atoms with Crippen molar-refractivity contribution in [1.82, 2.24) is 14.8 Å². The zero-order valence-electron chi connectivity index (χ0n) is 11.1. The van der Waals surface area contributed by atoms with Gasteiger partial charge in [0.1, 0.15) is 10.7 Å². The summed E-state index contributed by atoms with van der Waals surface area (Å²) in [5, 5.41) is 9.66. The number of hydrogen-bond acceptors (Lipinski definition) is 4. The third kappa shape index (κ3) is 2.68. The van der Waals surface area contributed by atoms with Gasteiger partial charge in [-0.05, 0) is 19.1 Å². The fourth-order valence-corrected chi connectivity index (χ4v) is 2.82. The standard InChI is InChI=1S/C14H11ClN4OS/c1-9-11(13(20)17-14-16-7-8-21-14)12(15)19(18-9)10-5-3-2-4-6-10/h2-8H,1H3,(H,16,17,20). The maximum Gasteiger partial charge on any atom is 0.262 e. The second kappa shape index (κ2) is 5.67. The first-order valence-electron chi connectivity index (χ1n) is 6.18. The summed E-state index contributed by atoms with van der Waals surface area (Å²) in [5.74, 6) is -0.311.